The number of anilines is 1. The number of hydrogen-bond donors (Lipinski definition) is 5. The van der Waals surface area contributed by atoms with Crippen LogP contribution in [0.3, 0.4) is 0 Å². The highest BCUT2D eigenvalue weighted by molar-refractivity contribution is 8.00. The number of carboxylic acid groups (broad SMARTS) is 1. The Kier molecular flexibility index (Phi) is 18.3. The van der Waals surface area contributed by atoms with Crippen LogP contribution >= 0.6 is 11.8 Å². The number of carboxylic acids is 1. The number of fused-ring (bicyclic) bond motifs is 2. The van der Waals surface area contributed by atoms with Crippen molar-refractivity contribution in [3.8, 4) is 5.75 Å². The molecule has 4 amide bonds. The van der Waals surface area contributed by atoms with Crippen LogP contribution < -0.4 is 26.0 Å². The third-order valence-electron chi connectivity index (χ3n) is 9.98. The standard InChI is InChI=1S/C40H58N6O9S/c47-36(10-2-1-8-34-38-33(28-56-34)44-40(51)45-38)43-15-5-17-52-20-22-54-23-21-53-18-7-16-46-27-31-25-32(55-19-6-14-42-35-9-3-4-13-41-35)12-11-29(31)24-30(39(46)50)26-37(48)49/h3-4,9,11-13,25,30,33-34,38H,1-2,5-8,10,14-24,26-28H2,(H,41,42)(H,43,47)(H,48,49)(H2,44,45,51)/t30?,33-,34-,38-/m0/s1. The Bertz CT molecular complexity index is 1540. The Hall–Kier alpha value is -4.12. The number of benzene rings is 1. The summed E-state index contributed by atoms with van der Waals surface area (Å²) in [4.78, 5) is 54.7. The molecule has 3 aliphatic rings. The number of carbonyl (C=O) groups excluding carboxylic acids is 3. The quantitative estimate of drug-likeness (QED) is 0.0654. The molecule has 0 bridgehead atoms. The van der Waals surface area contributed by atoms with E-state index in [-0.39, 0.29) is 36.3 Å². The zero-order valence-electron chi connectivity index (χ0n) is 32.2. The summed E-state index contributed by atoms with van der Waals surface area (Å²) in [7, 11) is 0. The summed E-state index contributed by atoms with van der Waals surface area (Å²) in [5.41, 5.74) is 1.94. The molecule has 0 saturated carbocycles. The Morgan fingerprint density at radius 3 is 2.46 bits per heavy atom. The summed E-state index contributed by atoms with van der Waals surface area (Å²) in [5.74, 6) is 0.790. The molecule has 2 aromatic rings. The lowest BCUT2D eigenvalue weighted by Gasteiger charge is -2.24. The van der Waals surface area contributed by atoms with Crippen LogP contribution in [-0.4, -0.2) is 128 Å². The van der Waals surface area contributed by atoms with Gasteiger partial charge in [-0.1, -0.05) is 18.6 Å². The number of pyridine rings is 1. The van der Waals surface area contributed by atoms with E-state index in [0.717, 1.165) is 67.1 Å². The molecule has 308 valence electrons. The second-order valence-electron chi connectivity index (χ2n) is 14.3. The van der Waals surface area contributed by atoms with Gasteiger partial charge in [0.15, 0.2) is 0 Å². The molecule has 1 aromatic carbocycles. The largest absolute Gasteiger partial charge is 0.494 e. The number of urea groups is 1. The fraction of sp³-hybridized carbons (Fsp3) is 0.625. The number of carbonyl (C=O) groups is 4. The fourth-order valence-electron chi connectivity index (χ4n) is 7.10. The van der Waals surface area contributed by atoms with E-state index in [4.69, 9.17) is 18.9 Å². The van der Waals surface area contributed by atoms with E-state index in [1.54, 1.807) is 11.1 Å². The van der Waals surface area contributed by atoms with Gasteiger partial charge in [0, 0.05) is 63.0 Å². The molecule has 0 radical (unpaired) electrons. The van der Waals surface area contributed by atoms with E-state index < -0.39 is 11.9 Å². The van der Waals surface area contributed by atoms with Crippen molar-refractivity contribution in [2.75, 3.05) is 77.0 Å². The number of aliphatic carboxylic acids is 1. The average molecular weight is 799 g/mol. The molecule has 2 saturated heterocycles. The third kappa shape index (κ3) is 14.8. The molecular weight excluding hydrogens is 741 g/mol. The lowest BCUT2D eigenvalue weighted by Crippen LogP contribution is -2.36. The Morgan fingerprint density at radius 2 is 1.68 bits per heavy atom. The number of amides is 4. The van der Waals surface area contributed by atoms with Crippen molar-refractivity contribution >= 4 is 41.4 Å². The Morgan fingerprint density at radius 1 is 0.893 bits per heavy atom. The normalized spacial score (nSPS) is 20.1. The molecule has 5 N–H and O–H groups in total. The summed E-state index contributed by atoms with van der Waals surface area (Å²) in [6.45, 7) is 5.37. The lowest BCUT2D eigenvalue weighted by molar-refractivity contribution is -0.144. The van der Waals surface area contributed by atoms with Gasteiger partial charge in [-0.15, -0.1) is 0 Å². The van der Waals surface area contributed by atoms with Gasteiger partial charge in [-0.25, -0.2) is 9.78 Å². The summed E-state index contributed by atoms with van der Waals surface area (Å²) in [6.07, 6.45) is 7.35. The van der Waals surface area contributed by atoms with Gasteiger partial charge in [0.2, 0.25) is 11.8 Å². The number of thioether (sulfide) groups is 1. The molecule has 0 aliphatic carbocycles. The van der Waals surface area contributed by atoms with Gasteiger partial charge >= 0.3 is 12.0 Å². The number of aromatic nitrogens is 1. The van der Waals surface area contributed by atoms with E-state index in [2.05, 4.69) is 26.3 Å². The van der Waals surface area contributed by atoms with Gasteiger partial charge in [0.05, 0.1) is 57.5 Å². The van der Waals surface area contributed by atoms with Gasteiger partial charge in [0.25, 0.3) is 0 Å². The van der Waals surface area contributed by atoms with Crippen molar-refractivity contribution in [3.63, 3.8) is 0 Å². The van der Waals surface area contributed by atoms with Crippen molar-refractivity contribution in [3.05, 3.63) is 53.7 Å². The fourth-order valence-corrected chi connectivity index (χ4v) is 8.65. The van der Waals surface area contributed by atoms with E-state index in [0.29, 0.717) is 90.4 Å². The summed E-state index contributed by atoms with van der Waals surface area (Å²) in [5, 5.41) is 22.1. The van der Waals surface area contributed by atoms with Crippen LogP contribution in [0.2, 0.25) is 0 Å². The number of nitrogens with one attached hydrogen (secondary N) is 4. The monoisotopic (exact) mass is 798 g/mol. The van der Waals surface area contributed by atoms with E-state index in [1.165, 1.54) is 0 Å². The van der Waals surface area contributed by atoms with Crippen LogP contribution in [0.4, 0.5) is 10.6 Å². The number of unbranched alkanes of at least 4 members (excludes halogenated alkanes) is 1. The SMILES string of the molecule is O=C(O)CC1Cc2ccc(OCCCNc3ccccn3)cc2CN(CCCOCCOCCOCCCNC(=O)CCCC[C@@H]2SC[C@@H]3NC(=O)N[C@@H]32)C1=O. The molecule has 1 unspecified atom stereocenters. The first-order chi connectivity index (χ1) is 27.4. The smallest absolute Gasteiger partial charge is 0.315 e. The highest BCUT2D eigenvalue weighted by Crippen LogP contribution is 2.33. The summed E-state index contributed by atoms with van der Waals surface area (Å²) < 4.78 is 23.0. The highest BCUT2D eigenvalue weighted by atomic mass is 32.2. The second kappa shape index (κ2) is 23.8. The summed E-state index contributed by atoms with van der Waals surface area (Å²) >= 11 is 1.90. The maximum absolute atomic E-state index is 13.4. The van der Waals surface area contributed by atoms with Gasteiger partial charge in [-0.05, 0) is 73.9 Å². The highest BCUT2D eigenvalue weighted by Gasteiger charge is 2.42. The topological polar surface area (TPSA) is 190 Å². The minimum Gasteiger partial charge on any atom is -0.494 e. The predicted octanol–water partition coefficient (Wildman–Crippen LogP) is 3.61. The molecule has 0 spiro atoms. The molecule has 5 rings (SSSR count). The van der Waals surface area contributed by atoms with E-state index in [9.17, 15) is 24.3 Å². The minimum atomic E-state index is -0.987. The first kappa shape index (κ1) is 43.0. The molecular formula is C40H58N6O9S. The van der Waals surface area contributed by atoms with Crippen LogP contribution in [0, 0.1) is 5.92 Å². The molecule has 4 heterocycles. The number of rotatable bonds is 27. The summed E-state index contributed by atoms with van der Waals surface area (Å²) in [6, 6.07) is 11.9. The van der Waals surface area contributed by atoms with Crippen molar-refractivity contribution in [1.82, 2.24) is 25.8 Å². The molecule has 16 heteroatoms. The van der Waals surface area contributed by atoms with Gasteiger partial charge in [-0.2, -0.15) is 11.8 Å². The first-order valence-corrected chi connectivity index (χ1v) is 21.0. The van der Waals surface area contributed by atoms with Crippen LogP contribution in [-0.2, 0) is 41.6 Å². The Balaban J connectivity index is 0.865. The van der Waals surface area contributed by atoms with Crippen LogP contribution in [0.5, 0.6) is 5.75 Å². The predicted molar refractivity (Wildman–Crippen MR) is 213 cm³/mol. The molecule has 1 aromatic heterocycles. The van der Waals surface area contributed by atoms with Crippen LogP contribution in [0.1, 0.15) is 62.5 Å². The van der Waals surface area contributed by atoms with E-state index in [1.807, 2.05) is 48.2 Å². The van der Waals surface area contributed by atoms with Gasteiger partial charge in [0.1, 0.15) is 11.6 Å². The lowest BCUT2D eigenvalue weighted by atomic mass is 9.94. The zero-order valence-corrected chi connectivity index (χ0v) is 33.0. The first-order valence-electron chi connectivity index (χ1n) is 19.9. The number of ether oxygens (including phenoxy) is 4. The third-order valence-corrected chi connectivity index (χ3v) is 11.5. The number of nitrogens with zero attached hydrogens (tertiary/aromatic N) is 2. The molecule has 15 nitrogen and oxygen atoms in total. The minimum absolute atomic E-state index is 0.0593. The van der Waals surface area contributed by atoms with Crippen LogP contribution in [0.15, 0.2) is 42.6 Å². The molecule has 2 fully saturated rings. The zero-order chi connectivity index (χ0) is 39.4. The van der Waals surface area contributed by atoms with Crippen LogP contribution in [0.25, 0.3) is 0 Å². The second-order valence-corrected chi connectivity index (χ2v) is 15.6. The molecule has 3 aliphatic heterocycles. The number of hydrogen-bond acceptors (Lipinski definition) is 11. The molecule has 4 atom stereocenters. The van der Waals surface area contributed by atoms with E-state index >= 15 is 0 Å². The van der Waals surface area contributed by atoms with Crippen molar-refractivity contribution < 1.29 is 43.2 Å². The Labute approximate surface area is 333 Å². The maximum Gasteiger partial charge on any atom is 0.315 e. The van der Waals surface area contributed by atoms with Gasteiger partial charge < -0.3 is 50.2 Å². The molecule has 56 heavy (non-hydrogen) atoms. The maximum atomic E-state index is 13.4. The van der Waals surface area contributed by atoms with Crippen molar-refractivity contribution in [2.24, 2.45) is 5.92 Å². The average Bonchev–Trinajstić information content (AvgIpc) is 3.71. The van der Waals surface area contributed by atoms with Crippen molar-refractivity contribution in [1.29, 1.82) is 0 Å². The van der Waals surface area contributed by atoms with Crippen molar-refractivity contribution in [2.45, 2.75) is 81.7 Å². The van der Waals surface area contributed by atoms with Gasteiger partial charge in [-0.3, -0.25) is 14.4 Å².